The Hall–Kier alpha value is -2.35. The van der Waals surface area contributed by atoms with E-state index in [9.17, 15) is 14.4 Å². The summed E-state index contributed by atoms with van der Waals surface area (Å²) in [6.45, 7) is 5.92. The van der Waals surface area contributed by atoms with Gasteiger partial charge in [0, 0.05) is 48.3 Å². The minimum absolute atomic E-state index is 0.0531. The van der Waals surface area contributed by atoms with Gasteiger partial charge in [-0.25, -0.2) is 4.79 Å². The molecule has 2 N–H and O–H groups in total. The van der Waals surface area contributed by atoms with Gasteiger partial charge in [0.15, 0.2) is 0 Å². The summed E-state index contributed by atoms with van der Waals surface area (Å²) in [7, 11) is 0. The molecule has 2 heterocycles. The maximum Gasteiger partial charge on any atom is 0.321 e. The molecule has 2 aliphatic rings. The van der Waals surface area contributed by atoms with Crippen molar-refractivity contribution >= 4 is 39.5 Å². The second kappa shape index (κ2) is 9.91. The quantitative estimate of drug-likeness (QED) is 0.674. The molecule has 2 saturated heterocycles. The van der Waals surface area contributed by atoms with Crippen molar-refractivity contribution in [3.8, 4) is 0 Å². The number of anilines is 1. The van der Waals surface area contributed by atoms with Crippen LogP contribution in [-0.2, 0) is 9.59 Å². The molecule has 2 aliphatic heterocycles. The number of carbonyl (C=O) groups excluding carboxylic acids is 3. The first-order valence-corrected chi connectivity index (χ1v) is 10.8. The molecule has 156 valence electrons. The van der Waals surface area contributed by atoms with Gasteiger partial charge in [0.1, 0.15) is 0 Å². The number of halogens is 1. The number of hydrogen-bond acceptors (Lipinski definition) is 3. The molecule has 1 aromatic carbocycles. The third-order valence-electron chi connectivity index (χ3n) is 5.58. The highest BCUT2D eigenvalue weighted by Crippen LogP contribution is 2.20. The molecular formula is C21H27BrN4O3. The van der Waals surface area contributed by atoms with Crippen molar-refractivity contribution in [1.29, 1.82) is 0 Å². The summed E-state index contributed by atoms with van der Waals surface area (Å²) in [6, 6.07) is 7.44. The average molecular weight is 463 g/mol. The maximum absolute atomic E-state index is 12.6. The van der Waals surface area contributed by atoms with Crippen LogP contribution in [0, 0.1) is 5.92 Å². The van der Waals surface area contributed by atoms with E-state index in [-0.39, 0.29) is 29.8 Å². The summed E-state index contributed by atoms with van der Waals surface area (Å²) in [5.74, 6) is -0.0614. The predicted octanol–water partition coefficient (Wildman–Crippen LogP) is 2.99. The molecule has 0 spiro atoms. The highest BCUT2D eigenvalue weighted by atomic mass is 79.9. The van der Waals surface area contributed by atoms with Crippen molar-refractivity contribution in [2.24, 2.45) is 5.92 Å². The lowest BCUT2D eigenvalue weighted by Crippen LogP contribution is -2.50. The van der Waals surface area contributed by atoms with Crippen LogP contribution >= 0.6 is 15.9 Å². The minimum Gasteiger partial charge on any atom is -0.353 e. The fourth-order valence-electron chi connectivity index (χ4n) is 3.77. The average Bonchev–Trinajstić information content (AvgIpc) is 2.75. The second-order valence-corrected chi connectivity index (χ2v) is 8.43. The number of benzene rings is 1. The van der Waals surface area contributed by atoms with Gasteiger partial charge in [0.05, 0.1) is 0 Å². The highest BCUT2D eigenvalue weighted by Gasteiger charge is 2.29. The normalized spacial score (nSPS) is 18.2. The van der Waals surface area contributed by atoms with Crippen molar-refractivity contribution in [3.63, 3.8) is 0 Å². The summed E-state index contributed by atoms with van der Waals surface area (Å²) >= 11 is 3.38. The number of likely N-dealkylation sites (tertiary alicyclic amines) is 2. The number of amides is 4. The Balaban J connectivity index is 1.40. The maximum atomic E-state index is 12.6. The van der Waals surface area contributed by atoms with Gasteiger partial charge in [-0.15, -0.1) is 0 Å². The van der Waals surface area contributed by atoms with Crippen LogP contribution in [0.2, 0.25) is 0 Å². The Morgan fingerprint density at radius 1 is 0.966 bits per heavy atom. The summed E-state index contributed by atoms with van der Waals surface area (Å²) in [6.07, 6.45) is 4.17. The molecule has 0 saturated carbocycles. The van der Waals surface area contributed by atoms with Gasteiger partial charge < -0.3 is 20.4 Å². The summed E-state index contributed by atoms with van der Waals surface area (Å²) < 4.78 is 0.963. The number of hydrogen-bond donors (Lipinski definition) is 2. The molecule has 1 aromatic rings. The molecule has 8 heteroatoms. The summed E-state index contributed by atoms with van der Waals surface area (Å²) in [5.41, 5.74) is 0.759. The van der Waals surface area contributed by atoms with Gasteiger partial charge in [0.2, 0.25) is 11.8 Å². The molecular weight excluding hydrogens is 436 g/mol. The van der Waals surface area contributed by atoms with E-state index in [1.807, 2.05) is 24.3 Å². The van der Waals surface area contributed by atoms with Gasteiger partial charge in [0.25, 0.3) is 0 Å². The lowest BCUT2D eigenvalue weighted by molar-refractivity contribution is -0.132. The van der Waals surface area contributed by atoms with Crippen molar-refractivity contribution in [3.05, 3.63) is 41.4 Å². The van der Waals surface area contributed by atoms with Crippen molar-refractivity contribution in [2.45, 2.75) is 31.7 Å². The van der Waals surface area contributed by atoms with Crippen LogP contribution in [0.4, 0.5) is 10.5 Å². The molecule has 7 nitrogen and oxygen atoms in total. The topological polar surface area (TPSA) is 81.8 Å². The van der Waals surface area contributed by atoms with E-state index < -0.39 is 0 Å². The van der Waals surface area contributed by atoms with Crippen LogP contribution in [0.1, 0.15) is 25.7 Å². The number of nitrogens with one attached hydrogen (secondary N) is 2. The van der Waals surface area contributed by atoms with Crippen LogP contribution in [-0.4, -0.2) is 59.9 Å². The SMILES string of the molecule is C=CC(=O)N1CCC(C(=O)NC2CCN(C(=O)Nc3ccc(Br)cc3)CC2)CC1. The Kier molecular flexibility index (Phi) is 7.30. The smallest absolute Gasteiger partial charge is 0.321 e. The number of piperidine rings is 2. The van der Waals surface area contributed by atoms with Crippen LogP contribution < -0.4 is 10.6 Å². The number of urea groups is 1. The van der Waals surface area contributed by atoms with Crippen LogP contribution in [0.3, 0.4) is 0 Å². The van der Waals surface area contributed by atoms with Gasteiger partial charge in [-0.1, -0.05) is 22.5 Å². The molecule has 0 atom stereocenters. The molecule has 29 heavy (non-hydrogen) atoms. The van der Waals surface area contributed by atoms with E-state index in [2.05, 4.69) is 33.1 Å². The monoisotopic (exact) mass is 462 g/mol. The van der Waals surface area contributed by atoms with E-state index in [4.69, 9.17) is 0 Å². The lowest BCUT2D eigenvalue weighted by Gasteiger charge is -2.34. The Labute approximate surface area is 179 Å². The fourth-order valence-corrected chi connectivity index (χ4v) is 4.04. The van der Waals surface area contributed by atoms with E-state index in [0.717, 1.165) is 23.0 Å². The van der Waals surface area contributed by atoms with E-state index in [1.165, 1.54) is 6.08 Å². The first-order chi connectivity index (χ1) is 14.0. The number of nitrogens with zero attached hydrogens (tertiary/aromatic N) is 2. The van der Waals surface area contributed by atoms with Gasteiger partial charge >= 0.3 is 6.03 Å². The first kappa shape index (κ1) is 21.4. The zero-order valence-corrected chi connectivity index (χ0v) is 18.0. The van der Waals surface area contributed by atoms with Crippen LogP contribution in [0.15, 0.2) is 41.4 Å². The number of carbonyl (C=O) groups is 3. The van der Waals surface area contributed by atoms with Gasteiger partial charge in [-0.3, -0.25) is 9.59 Å². The molecule has 3 rings (SSSR count). The predicted molar refractivity (Wildman–Crippen MR) is 115 cm³/mol. The molecule has 2 fully saturated rings. The molecule has 0 unspecified atom stereocenters. The van der Waals surface area contributed by atoms with Crippen molar-refractivity contribution < 1.29 is 14.4 Å². The number of rotatable bonds is 4. The van der Waals surface area contributed by atoms with Crippen molar-refractivity contribution in [2.75, 3.05) is 31.5 Å². The third-order valence-corrected chi connectivity index (χ3v) is 6.10. The fraction of sp³-hybridized carbons (Fsp3) is 0.476. The third kappa shape index (κ3) is 5.82. The van der Waals surface area contributed by atoms with Crippen LogP contribution in [0.5, 0.6) is 0 Å². The molecule has 0 aliphatic carbocycles. The van der Waals surface area contributed by atoms with E-state index >= 15 is 0 Å². The molecule has 4 amide bonds. The molecule has 0 bridgehead atoms. The molecule has 0 aromatic heterocycles. The molecule has 0 radical (unpaired) electrons. The Morgan fingerprint density at radius 3 is 2.14 bits per heavy atom. The first-order valence-electron chi connectivity index (χ1n) is 9.99. The zero-order valence-electron chi connectivity index (χ0n) is 16.4. The van der Waals surface area contributed by atoms with Gasteiger partial charge in [-0.2, -0.15) is 0 Å². The Morgan fingerprint density at radius 2 is 1.55 bits per heavy atom. The lowest BCUT2D eigenvalue weighted by atomic mass is 9.94. The van der Waals surface area contributed by atoms with E-state index in [0.29, 0.717) is 39.0 Å². The summed E-state index contributed by atoms with van der Waals surface area (Å²) in [4.78, 5) is 40.1. The van der Waals surface area contributed by atoms with Crippen LogP contribution in [0.25, 0.3) is 0 Å². The largest absolute Gasteiger partial charge is 0.353 e. The van der Waals surface area contributed by atoms with E-state index in [1.54, 1.807) is 9.80 Å². The van der Waals surface area contributed by atoms with Crippen molar-refractivity contribution in [1.82, 2.24) is 15.1 Å². The van der Waals surface area contributed by atoms with Gasteiger partial charge in [-0.05, 0) is 56.0 Å². The standard InChI is InChI=1S/C21H27BrN4O3/c1-2-19(27)25-11-7-15(8-12-25)20(28)23-18-9-13-26(14-10-18)21(29)24-17-5-3-16(22)4-6-17/h2-6,15,18H,1,7-14H2,(H,23,28)(H,24,29). The second-order valence-electron chi connectivity index (χ2n) is 7.51. The summed E-state index contributed by atoms with van der Waals surface area (Å²) in [5, 5.41) is 6.04. The minimum atomic E-state index is -0.114. The Bertz CT molecular complexity index is 752. The zero-order chi connectivity index (χ0) is 20.8. The highest BCUT2D eigenvalue weighted by molar-refractivity contribution is 9.10.